The number of carbonyl (C=O) groups excluding carboxylic acids is 1. The number of hydrogen-bond donors (Lipinski definition) is 3. The van der Waals surface area contributed by atoms with E-state index in [2.05, 4.69) is 38.2 Å². The molecular weight excluding hydrogens is 599 g/mol. The Hall–Kier alpha value is -2.73. The second-order valence-electron chi connectivity index (χ2n) is 9.31. The maximum Gasteiger partial charge on any atom is 0.416 e. The van der Waals surface area contributed by atoms with Gasteiger partial charge in [0.15, 0.2) is 0 Å². The fraction of sp³-hybridized carbons (Fsp3) is 0.333. The Labute approximate surface area is 226 Å². The molecule has 0 bridgehead atoms. The molecule has 3 aromatic rings. The highest BCUT2D eigenvalue weighted by molar-refractivity contribution is 14.1. The molecule has 3 atom stereocenters. The summed E-state index contributed by atoms with van der Waals surface area (Å²) < 4.78 is 56.7. The molecule has 2 amide bonds. The van der Waals surface area contributed by atoms with Crippen molar-refractivity contribution in [3.8, 4) is 0 Å². The zero-order chi connectivity index (χ0) is 26.6. The first-order valence-corrected chi connectivity index (χ1v) is 13.0. The van der Waals surface area contributed by atoms with E-state index in [-0.39, 0.29) is 29.8 Å². The number of hydrogen-bond acceptors (Lipinski definition) is 3. The Kier molecular flexibility index (Phi) is 8.37. The third-order valence-corrected chi connectivity index (χ3v) is 7.30. The molecule has 1 saturated carbocycles. The van der Waals surface area contributed by atoms with Gasteiger partial charge in [0.1, 0.15) is 11.4 Å². The minimum absolute atomic E-state index is 0.0341. The number of aromatic nitrogens is 1. The highest BCUT2D eigenvalue weighted by Crippen LogP contribution is 2.37. The van der Waals surface area contributed by atoms with Crippen molar-refractivity contribution in [1.29, 1.82) is 0 Å². The van der Waals surface area contributed by atoms with E-state index in [1.165, 1.54) is 0 Å². The van der Waals surface area contributed by atoms with Gasteiger partial charge in [0.05, 0.1) is 11.3 Å². The van der Waals surface area contributed by atoms with Crippen LogP contribution >= 0.6 is 22.6 Å². The standard InChI is InChI=1S/C27H27F4IN4O/c28-20-13-18(12-19(14-20)27(29,30)31)26(15-17-6-2-1-3-7-17,24-11-10-21(32)16-34-24)36-25(37)35-23-9-5-4-8-22(23)33/h1-3,6-7,10-14,16,22-23H,4-5,8-9,15,33H2,(H2,35,36,37)/t22-,23?,26-/m0/s1. The molecule has 10 heteroatoms. The van der Waals surface area contributed by atoms with Crippen LogP contribution in [-0.2, 0) is 18.1 Å². The van der Waals surface area contributed by atoms with Gasteiger partial charge in [-0.25, -0.2) is 9.18 Å². The largest absolute Gasteiger partial charge is 0.416 e. The summed E-state index contributed by atoms with van der Waals surface area (Å²) in [7, 11) is 0. The highest BCUT2D eigenvalue weighted by atomic mass is 127. The predicted molar refractivity (Wildman–Crippen MR) is 141 cm³/mol. The number of urea groups is 1. The van der Waals surface area contributed by atoms with Gasteiger partial charge in [-0.1, -0.05) is 43.2 Å². The maximum absolute atomic E-state index is 14.7. The smallest absolute Gasteiger partial charge is 0.334 e. The highest BCUT2D eigenvalue weighted by Gasteiger charge is 2.41. The van der Waals surface area contributed by atoms with Crippen LogP contribution in [0.25, 0.3) is 0 Å². The summed E-state index contributed by atoms with van der Waals surface area (Å²) in [5, 5.41) is 5.80. The number of rotatable bonds is 6. The van der Waals surface area contributed by atoms with Gasteiger partial charge in [-0.2, -0.15) is 13.2 Å². The van der Waals surface area contributed by atoms with Crippen molar-refractivity contribution in [2.24, 2.45) is 5.73 Å². The molecule has 1 aliphatic rings. The number of halogens is 5. The molecule has 5 nitrogen and oxygen atoms in total. The Morgan fingerprint density at radius 3 is 2.38 bits per heavy atom. The van der Waals surface area contributed by atoms with Gasteiger partial charge < -0.3 is 16.4 Å². The average molecular weight is 626 g/mol. The summed E-state index contributed by atoms with van der Waals surface area (Å²) in [4.78, 5) is 17.9. The van der Waals surface area contributed by atoms with Crippen molar-refractivity contribution < 1.29 is 22.4 Å². The zero-order valence-corrected chi connectivity index (χ0v) is 22.0. The van der Waals surface area contributed by atoms with Crippen molar-refractivity contribution in [2.75, 3.05) is 0 Å². The van der Waals surface area contributed by atoms with Crippen LogP contribution in [0.2, 0.25) is 0 Å². The Morgan fingerprint density at radius 1 is 1.03 bits per heavy atom. The van der Waals surface area contributed by atoms with Crippen LogP contribution in [0.1, 0.15) is 48.1 Å². The van der Waals surface area contributed by atoms with Crippen LogP contribution < -0.4 is 16.4 Å². The molecule has 1 aromatic heterocycles. The number of carbonyl (C=O) groups is 1. The monoisotopic (exact) mass is 626 g/mol. The zero-order valence-electron chi connectivity index (χ0n) is 19.9. The summed E-state index contributed by atoms with van der Waals surface area (Å²) in [5.41, 5.74) is 4.37. The molecule has 1 unspecified atom stereocenters. The van der Waals surface area contributed by atoms with Gasteiger partial charge in [0.2, 0.25) is 0 Å². The molecule has 0 aliphatic heterocycles. The van der Waals surface area contributed by atoms with Gasteiger partial charge in [-0.15, -0.1) is 0 Å². The van der Waals surface area contributed by atoms with Crippen LogP contribution in [0.15, 0.2) is 66.9 Å². The van der Waals surface area contributed by atoms with E-state index < -0.39 is 29.1 Å². The molecule has 37 heavy (non-hydrogen) atoms. The van der Waals surface area contributed by atoms with E-state index in [0.717, 1.165) is 40.5 Å². The van der Waals surface area contributed by atoms with E-state index in [0.29, 0.717) is 12.5 Å². The third-order valence-electron chi connectivity index (χ3n) is 6.66. The summed E-state index contributed by atoms with van der Waals surface area (Å²) >= 11 is 2.06. The number of nitrogens with one attached hydrogen (secondary N) is 2. The lowest BCUT2D eigenvalue weighted by Gasteiger charge is -2.37. The normalized spacial score (nSPS) is 19.6. The molecule has 2 aromatic carbocycles. The number of nitrogens with zero attached hydrogens (tertiary/aromatic N) is 1. The van der Waals surface area contributed by atoms with Crippen molar-refractivity contribution in [1.82, 2.24) is 15.6 Å². The van der Waals surface area contributed by atoms with Gasteiger partial charge in [0.25, 0.3) is 0 Å². The fourth-order valence-electron chi connectivity index (χ4n) is 4.79. The first-order valence-electron chi connectivity index (χ1n) is 12.0. The summed E-state index contributed by atoms with van der Waals surface area (Å²) in [6.07, 6.45) is 0.132. The Bertz CT molecular complexity index is 1220. The number of nitrogens with two attached hydrogens (primary N) is 1. The Morgan fingerprint density at radius 2 is 1.73 bits per heavy atom. The Balaban J connectivity index is 1.86. The van der Waals surface area contributed by atoms with E-state index >= 15 is 0 Å². The van der Waals surface area contributed by atoms with Crippen molar-refractivity contribution >= 4 is 28.6 Å². The van der Waals surface area contributed by atoms with E-state index in [4.69, 9.17) is 5.73 Å². The molecule has 4 rings (SSSR count). The molecule has 4 N–H and O–H groups in total. The molecule has 0 radical (unpaired) electrons. The molecule has 1 heterocycles. The maximum atomic E-state index is 14.7. The van der Waals surface area contributed by atoms with Crippen LogP contribution in [0.3, 0.4) is 0 Å². The summed E-state index contributed by atoms with van der Waals surface area (Å²) in [6.45, 7) is 0. The van der Waals surface area contributed by atoms with Crippen molar-refractivity contribution in [3.63, 3.8) is 0 Å². The number of alkyl halides is 3. The molecule has 0 saturated heterocycles. The average Bonchev–Trinajstić information content (AvgIpc) is 2.85. The fourth-order valence-corrected chi connectivity index (χ4v) is 5.11. The van der Waals surface area contributed by atoms with Gasteiger partial charge in [0, 0.05) is 28.3 Å². The summed E-state index contributed by atoms with van der Waals surface area (Å²) in [5.74, 6) is -1.07. The predicted octanol–water partition coefficient (Wildman–Crippen LogP) is 5.90. The molecular formula is C27H27F4IN4O. The second kappa shape index (κ2) is 11.3. The minimum Gasteiger partial charge on any atom is -0.334 e. The van der Waals surface area contributed by atoms with Gasteiger partial charge in [-0.3, -0.25) is 4.98 Å². The molecule has 1 aliphatic carbocycles. The number of pyridine rings is 1. The van der Waals surface area contributed by atoms with E-state index in [9.17, 15) is 22.4 Å². The van der Waals surface area contributed by atoms with Crippen LogP contribution in [-0.4, -0.2) is 23.1 Å². The van der Waals surface area contributed by atoms with E-state index in [1.54, 1.807) is 42.6 Å². The lowest BCUT2D eigenvalue weighted by atomic mass is 9.79. The first-order chi connectivity index (χ1) is 17.6. The van der Waals surface area contributed by atoms with Crippen molar-refractivity contribution in [3.05, 3.63) is 98.6 Å². The molecule has 0 spiro atoms. The number of amides is 2. The first kappa shape index (κ1) is 27.3. The SMILES string of the molecule is N[C@H]1CCCCC1NC(=O)N[C@@](Cc1ccccc1)(c1cc(F)cc(C(F)(F)F)c1)c1ccc(I)cn1. The van der Waals surface area contributed by atoms with E-state index in [1.807, 2.05) is 6.07 Å². The summed E-state index contributed by atoms with van der Waals surface area (Å²) in [6, 6.07) is 13.5. The minimum atomic E-state index is -4.79. The van der Waals surface area contributed by atoms with Crippen molar-refractivity contribution in [2.45, 2.75) is 55.9 Å². The lowest BCUT2D eigenvalue weighted by molar-refractivity contribution is -0.137. The quantitative estimate of drug-likeness (QED) is 0.236. The topological polar surface area (TPSA) is 80.0 Å². The third kappa shape index (κ3) is 6.59. The lowest BCUT2D eigenvalue weighted by Crippen LogP contribution is -2.57. The second-order valence-corrected chi connectivity index (χ2v) is 10.6. The number of benzene rings is 2. The van der Waals surface area contributed by atoms with Gasteiger partial charge >= 0.3 is 12.2 Å². The molecule has 1 fully saturated rings. The van der Waals surface area contributed by atoms with Crippen LogP contribution in [0.5, 0.6) is 0 Å². The molecule has 196 valence electrons. The van der Waals surface area contributed by atoms with Crippen LogP contribution in [0, 0.1) is 9.39 Å². The van der Waals surface area contributed by atoms with Gasteiger partial charge in [-0.05, 0) is 76.9 Å². The van der Waals surface area contributed by atoms with Crippen LogP contribution in [0.4, 0.5) is 22.4 Å².